The third kappa shape index (κ3) is 6.93. The molecule has 0 saturated carbocycles. The number of likely N-dealkylation sites (N-methyl/N-ethyl adjacent to an activating group) is 1. The van der Waals surface area contributed by atoms with Crippen molar-refractivity contribution >= 4 is 5.96 Å². The Morgan fingerprint density at radius 2 is 1.83 bits per heavy atom. The van der Waals surface area contributed by atoms with Crippen LogP contribution in [-0.2, 0) is 4.74 Å². The van der Waals surface area contributed by atoms with Gasteiger partial charge in [-0.05, 0) is 26.4 Å². The highest BCUT2D eigenvalue weighted by Crippen LogP contribution is 2.06. The molecule has 7 nitrogen and oxygen atoms in total. The van der Waals surface area contributed by atoms with Crippen molar-refractivity contribution in [3.8, 4) is 0 Å². The zero-order valence-corrected chi connectivity index (χ0v) is 15.5. The maximum atomic E-state index is 5.99. The second kappa shape index (κ2) is 10.9. The fourth-order valence-corrected chi connectivity index (χ4v) is 3.27. The maximum Gasteiger partial charge on any atom is 0.188 e. The molecule has 24 heavy (non-hydrogen) atoms. The summed E-state index contributed by atoms with van der Waals surface area (Å²) in [5.74, 6) is 0.580. The van der Waals surface area contributed by atoms with Crippen LogP contribution in [0.5, 0.6) is 0 Å². The first kappa shape index (κ1) is 19.4. The van der Waals surface area contributed by atoms with Crippen LogP contribution in [-0.4, -0.2) is 105 Å². The van der Waals surface area contributed by atoms with Gasteiger partial charge in [0.2, 0.25) is 0 Å². The van der Waals surface area contributed by atoms with Crippen LogP contribution in [0.25, 0.3) is 0 Å². The molecule has 2 fully saturated rings. The average molecular weight is 341 g/mol. The van der Waals surface area contributed by atoms with Gasteiger partial charge in [-0.3, -0.25) is 14.8 Å². The number of rotatable bonds is 8. The molecule has 2 rings (SSSR count). The highest BCUT2D eigenvalue weighted by Gasteiger charge is 2.19. The van der Waals surface area contributed by atoms with Gasteiger partial charge in [0.05, 0.1) is 19.8 Å². The SMILES string of the molecule is CCN1CCN(C(C)CN=C(N)NCCCN2CCOCC2)CC1. The van der Waals surface area contributed by atoms with E-state index in [1.54, 1.807) is 0 Å². The lowest BCUT2D eigenvalue weighted by molar-refractivity contribution is 0.0376. The quantitative estimate of drug-likeness (QED) is 0.357. The number of nitrogens with one attached hydrogen (secondary N) is 1. The van der Waals surface area contributed by atoms with Crippen LogP contribution in [0.1, 0.15) is 20.3 Å². The molecular formula is C17H36N6O. The van der Waals surface area contributed by atoms with E-state index in [0.717, 1.165) is 72.0 Å². The van der Waals surface area contributed by atoms with Gasteiger partial charge in [-0.2, -0.15) is 0 Å². The van der Waals surface area contributed by atoms with E-state index in [1.165, 1.54) is 13.1 Å². The van der Waals surface area contributed by atoms with Gasteiger partial charge in [0.25, 0.3) is 0 Å². The van der Waals surface area contributed by atoms with Crippen LogP contribution < -0.4 is 11.1 Å². The standard InChI is InChI=1S/C17H36N6O/c1-3-21-7-9-23(10-8-21)16(2)15-20-17(18)19-5-4-6-22-11-13-24-14-12-22/h16H,3-15H2,1-2H3,(H3,18,19,20). The lowest BCUT2D eigenvalue weighted by Gasteiger charge is -2.37. The lowest BCUT2D eigenvalue weighted by Crippen LogP contribution is -2.50. The fourth-order valence-electron chi connectivity index (χ4n) is 3.27. The van der Waals surface area contributed by atoms with Gasteiger partial charge < -0.3 is 20.7 Å². The number of guanidine groups is 1. The third-order valence-corrected chi connectivity index (χ3v) is 5.06. The van der Waals surface area contributed by atoms with Crippen molar-refractivity contribution in [1.82, 2.24) is 20.0 Å². The predicted molar refractivity (Wildman–Crippen MR) is 99.5 cm³/mol. The van der Waals surface area contributed by atoms with E-state index in [-0.39, 0.29) is 0 Å². The third-order valence-electron chi connectivity index (χ3n) is 5.06. The van der Waals surface area contributed by atoms with Crippen molar-refractivity contribution in [2.75, 3.05) is 78.7 Å². The molecule has 2 heterocycles. The molecule has 140 valence electrons. The summed E-state index contributed by atoms with van der Waals surface area (Å²) < 4.78 is 5.36. The second-order valence-electron chi connectivity index (χ2n) is 6.78. The minimum absolute atomic E-state index is 0.456. The normalized spacial score (nSPS) is 23.3. The summed E-state index contributed by atoms with van der Waals surface area (Å²) in [4.78, 5) is 12.0. The molecule has 3 N–H and O–H groups in total. The van der Waals surface area contributed by atoms with Crippen LogP contribution in [0.15, 0.2) is 4.99 Å². The van der Waals surface area contributed by atoms with Crippen LogP contribution in [0, 0.1) is 0 Å². The Bertz CT molecular complexity index is 364. The molecule has 0 bridgehead atoms. The van der Waals surface area contributed by atoms with Crippen LogP contribution in [0.2, 0.25) is 0 Å². The van der Waals surface area contributed by atoms with Gasteiger partial charge in [0.1, 0.15) is 0 Å². The monoisotopic (exact) mass is 340 g/mol. The number of morpholine rings is 1. The summed E-state index contributed by atoms with van der Waals surface area (Å²) in [6.07, 6.45) is 1.09. The van der Waals surface area contributed by atoms with Crippen LogP contribution >= 0.6 is 0 Å². The predicted octanol–water partition coefficient (Wildman–Crippen LogP) is -0.361. The Hall–Kier alpha value is -0.890. The van der Waals surface area contributed by atoms with Gasteiger partial charge in [0.15, 0.2) is 5.96 Å². The highest BCUT2D eigenvalue weighted by atomic mass is 16.5. The Balaban J connectivity index is 1.55. The minimum atomic E-state index is 0.456. The highest BCUT2D eigenvalue weighted by molar-refractivity contribution is 5.77. The van der Waals surface area contributed by atoms with Crippen molar-refractivity contribution in [3.05, 3.63) is 0 Å². The van der Waals surface area contributed by atoms with E-state index < -0.39 is 0 Å². The number of hydrogen-bond acceptors (Lipinski definition) is 5. The summed E-state index contributed by atoms with van der Waals surface area (Å²) in [6.45, 7) is 16.8. The second-order valence-corrected chi connectivity index (χ2v) is 6.78. The summed E-state index contributed by atoms with van der Waals surface area (Å²) in [6, 6.07) is 0.456. The van der Waals surface area contributed by atoms with Gasteiger partial charge in [-0.25, -0.2) is 0 Å². The van der Waals surface area contributed by atoms with Gasteiger partial charge in [0, 0.05) is 51.9 Å². The number of nitrogens with two attached hydrogens (primary N) is 1. The molecule has 0 aromatic carbocycles. The van der Waals surface area contributed by atoms with Crippen molar-refractivity contribution < 1.29 is 4.74 Å². The summed E-state index contributed by atoms with van der Waals surface area (Å²) >= 11 is 0. The van der Waals surface area contributed by atoms with Crippen molar-refractivity contribution in [1.29, 1.82) is 0 Å². The molecule has 0 radical (unpaired) electrons. The Morgan fingerprint density at radius 1 is 1.12 bits per heavy atom. The molecule has 0 amide bonds. The molecule has 2 saturated heterocycles. The van der Waals surface area contributed by atoms with E-state index >= 15 is 0 Å². The van der Waals surface area contributed by atoms with Gasteiger partial charge in [-0.15, -0.1) is 0 Å². The molecule has 2 aliphatic heterocycles. The fraction of sp³-hybridized carbons (Fsp3) is 0.941. The van der Waals surface area contributed by atoms with E-state index in [9.17, 15) is 0 Å². The Kier molecular flexibility index (Phi) is 8.80. The number of ether oxygens (including phenoxy) is 1. The maximum absolute atomic E-state index is 5.99. The lowest BCUT2D eigenvalue weighted by atomic mass is 10.2. The number of piperazine rings is 1. The first-order valence-corrected chi connectivity index (χ1v) is 9.49. The van der Waals surface area contributed by atoms with Gasteiger partial charge >= 0.3 is 0 Å². The van der Waals surface area contributed by atoms with E-state index in [0.29, 0.717) is 12.0 Å². The molecule has 0 aromatic rings. The Labute approximate surface area is 147 Å². The first-order valence-electron chi connectivity index (χ1n) is 9.49. The number of nitrogens with zero attached hydrogens (tertiary/aromatic N) is 4. The summed E-state index contributed by atoms with van der Waals surface area (Å²) in [5, 5.41) is 3.24. The van der Waals surface area contributed by atoms with E-state index in [4.69, 9.17) is 10.5 Å². The molecule has 1 unspecified atom stereocenters. The summed E-state index contributed by atoms with van der Waals surface area (Å²) in [5.41, 5.74) is 5.99. The van der Waals surface area contributed by atoms with Crippen molar-refractivity contribution in [3.63, 3.8) is 0 Å². The number of aliphatic imine (C=N–C) groups is 1. The van der Waals surface area contributed by atoms with E-state index in [2.05, 4.69) is 38.9 Å². The van der Waals surface area contributed by atoms with Crippen molar-refractivity contribution in [2.45, 2.75) is 26.3 Å². The molecule has 2 aliphatic rings. The van der Waals surface area contributed by atoms with Gasteiger partial charge in [-0.1, -0.05) is 6.92 Å². The molecule has 0 spiro atoms. The summed E-state index contributed by atoms with van der Waals surface area (Å²) in [7, 11) is 0. The first-order chi connectivity index (χ1) is 11.7. The van der Waals surface area contributed by atoms with Crippen LogP contribution in [0.3, 0.4) is 0 Å². The average Bonchev–Trinajstić information content (AvgIpc) is 2.64. The zero-order valence-electron chi connectivity index (χ0n) is 15.5. The minimum Gasteiger partial charge on any atom is -0.379 e. The molecular weight excluding hydrogens is 304 g/mol. The molecule has 0 aliphatic carbocycles. The number of hydrogen-bond donors (Lipinski definition) is 2. The molecule has 0 aromatic heterocycles. The smallest absolute Gasteiger partial charge is 0.188 e. The molecule has 1 atom stereocenters. The zero-order chi connectivity index (χ0) is 17.2. The molecule has 7 heteroatoms. The van der Waals surface area contributed by atoms with Crippen LogP contribution in [0.4, 0.5) is 0 Å². The Morgan fingerprint density at radius 3 is 2.50 bits per heavy atom. The van der Waals surface area contributed by atoms with Crippen molar-refractivity contribution in [2.24, 2.45) is 10.7 Å². The largest absolute Gasteiger partial charge is 0.379 e. The van der Waals surface area contributed by atoms with E-state index in [1.807, 2.05) is 0 Å². The topological polar surface area (TPSA) is 69.4 Å².